The van der Waals surface area contributed by atoms with Gasteiger partial charge < -0.3 is 9.80 Å². The van der Waals surface area contributed by atoms with E-state index in [4.69, 9.17) is 5.10 Å². The van der Waals surface area contributed by atoms with E-state index in [9.17, 15) is 4.79 Å². The van der Waals surface area contributed by atoms with Gasteiger partial charge in [0.25, 0.3) is 0 Å². The summed E-state index contributed by atoms with van der Waals surface area (Å²) in [7, 11) is 2.21. The Bertz CT molecular complexity index is 855. The number of likely N-dealkylation sites (tertiary alicyclic amines) is 1. The summed E-state index contributed by atoms with van der Waals surface area (Å²) in [6.07, 6.45) is 3.52. The van der Waals surface area contributed by atoms with Gasteiger partial charge in [0.05, 0.1) is 0 Å². The first-order valence-corrected chi connectivity index (χ1v) is 10.0. The number of carbonyl (C=O) groups is 1. The third kappa shape index (κ3) is 3.16. The molecule has 4 heterocycles. The van der Waals surface area contributed by atoms with E-state index in [2.05, 4.69) is 33.1 Å². The van der Waals surface area contributed by atoms with Crippen LogP contribution in [0.1, 0.15) is 37.9 Å². The summed E-state index contributed by atoms with van der Waals surface area (Å²) in [5.41, 5.74) is 0.839. The molecule has 2 saturated heterocycles. The second kappa shape index (κ2) is 6.44. The normalized spacial score (nSPS) is 23.4. The quantitative estimate of drug-likeness (QED) is 0.783. The second-order valence-electron chi connectivity index (χ2n) is 8.41. The van der Waals surface area contributed by atoms with Crippen molar-refractivity contribution >= 4 is 17.4 Å². The van der Waals surface area contributed by atoms with E-state index in [-0.39, 0.29) is 5.91 Å². The number of anilines is 1. The molecule has 27 heavy (non-hydrogen) atoms. The Hall–Kier alpha value is -2.22. The summed E-state index contributed by atoms with van der Waals surface area (Å²) in [6, 6.07) is 4.63. The molecule has 0 bridgehead atoms. The summed E-state index contributed by atoms with van der Waals surface area (Å²) in [4.78, 5) is 18.3. The summed E-state index contributed by atoms with van der Waals surface area (Å²) in [6.45, 7) is 6.55. The van der Waals surface area contributed by atoms with Crippen molar-refractivity contribution in [1.82, 2.24) is 29.6 Å². The molecule has 2 aromatic heterocycles. The van der Waals surface area contributed by atoms with E-state index in [0.29, 0.717) is 17.9 Å². The van der Waals surface area contributed by atoms with Crippen LogP contribution in [0.2, 0.25) is 0 Å². The minimum absolute atomic E-state index is 0.205. The zero-order valence-electron chi connectivity index (χ0n) is 16.1. The standard InChI is InChI=1S/C19H27N7O/c1-13(27)24-8-7-14(10-24)9-23(2)16-11-25(12-16)18-6-5-17-20-21-19(15-3-4-15)26(17)22-18/h5-6,14-16H,3-4,7-12H2,1-2H3. The predicted molar refractivity (Wildman–Crippen MR) is 102 cm³/mol. The van der Waals surface area contributed by atoms with Crippen molar-refractivity contribution in [3.63, 3.8) is 0 Å². The van der Waals surface area contributed by atoms with E-state index in [0.717, 1.165) is 56.4 Å². The van der Waals surface area contributed by atoms with Crippen LogP contribution in [0.4, 0.5) is 5.82 Å². The number of hydrogen-bond acceptors (Lipinski definition) is 6. The first-order chi connectivity index (χ1) is 13.1. The van der Waals surface area contributed by atoms with Gasteiger partial charge in [-0.25, -0.2) is 0 Å². The van der Waals surface area contributed by atoms with Crippen molar-refractivity contribution in [2.24, 2.45) is 5.92 Å². The van der Waals surface area contributed by atoms with Crippen molar-refractivity contribution < 1.29 is 4.79 Å². The van der Waals surface area contributed by atoms with Gasteiger partial charge >= 0.3 is 0 Å². The van der Waals surface area contributed by atoms with Gasteiger partial charge in [0, 0.05) is 51.6 Å². The Kier molecular flexibility index (Phi) is 4.03. The lowest BCUT2D eigenvalue weighted by Gasteiger charge is -2.45. The fourth-order valence-corrected chi connectivity index (χ4v) is 4.31. The number of hydrogen-bond donors (Lipinski definition) is 0. The molecule has 0 radical (unpaired) electrons. The number of nitrogens with zero attached hydrogens (tertiary/aromatic N) is 7. The summed E-state index contributed by atoms with van der Waals surface area (Å²) >= 11 is 0. The number of aromatic nitrogens is 4. The molecule has 5 rings (SSSR count). The lowest BCUT2D eigenvalue weighted by Crippen LogP contribution is -2.59. The largest absolute Gasteiger partial charge is 0.352 e. The molecule has 1 amide bonds. The number of rotatable bonds is 5. The van der Waals surface area contributed by atoms with Crippen LogP contribution in [-0.2, 0) is 4.79 Å². The van der Waals surface area contributed by atoms with Crippen LogP contribution in [0.3, 0.4) is 0 Å². The maximum absolute atomic E-state index is 11.5. The molecule has 0 N–H and O–H groups in total. The Morgan fingerprint density at radius 1 is 1.19 bits per heavy atom. The Morgan fingerprint density at radius 2 is 2.00 bits per heavy atom. The molecule has 1 aliphatic carbocycles. The van der Waals surface area contributed by atoms with Gasteiger partial charge in [0.15, 0.2) is 11.5 Å². The molecule has 3 fully saturated rings. The maximum Gasteiger partial charge on any atom is 0.219 e. The van der Waals surface area contributed by atoms with Crippen molar-refractivity contribution in [2.75, 3.05) is 44.7 Å². The molecule has 8 nitrogen and oxygen atoms in total. The minimum atomic E-state index is 0.205. The van der Waals surface area contributed by atoms with Gasteiger partial charge in [0.2, 0.25) is 5.91 Å². The van der Waals surface area contributed by atoms with E-state index in [1.165, 1.54) is 12.8 Å². The van der Waals surface area contributed by atoms with Crippen molar-refractivity contribution in [1.29, 1.82) is 0 Å². The highest BCUT2D eigenvalue weighted by molar-refractivity contribution is 5.73. The average molecular weight is 369 g/mol. The summed E-state index contributed by atoms with van der Waals surface area (Å²) < 4.78 is 1.93. The van der Waals surface area contributed by atoms with Crippen LogP contribution >= 0.6 is 0 Å². The SMILES string of the molecule is CC(=O)N1CCC(CN(C)C2CN(c3ccc4nnc(C5CC5)n4n3)C2)C1. The molecule has 1 unspecified atom stereocenters. The molecule has 144 valence electrons. The molecule has 8 heteroatoms. The Morgan fingerprint density at radius 3 is 2.70 bits per heavy atom. The van der Waals surface area contributed by atoms with Crippen molar-refractivity contribution in [3.05, 3.63) is 18.0 Å². The second-order valence-corrected chi connectivity index (χ2v) is 8.41. The molecule has 0 aromatic carbocycles. The molecular weight excluding hydrogens is 342 g/mol. The topological polar surface area (TPSA) is 69.9 Å². The highest BCUT2D eigenvalue weighted by Gasteiger charge is 2.34. The maximum atomic E-state index is 11.5. The predicted octanol–water partition coefficient (Wildman–Crippen LogP) is 0.990. The summed E-state index contributed by atoms with van der Waals surface area (Å²) in [5.74, 6) is 3.37. The van der Waals surface area contributed by atoms with Gasteiger partial charge in [-0.3, -0.25) is 9.69 Å². The molecule has 3 aliphatic rings. The highest BCUT2D eigenvalue weighted by atomic mass is 16.2. The van der Waals surface area contributed by atoms with Crippen LogP contribution in [-0.4, -0.2) is 81.3 Å². The van der Waals surface area contributed by atoms with Gasteiger partial charge in [-0.1, -0.05) is 0 Å². The van der Waals surface area contributed by atoms with Crippen molar-refractivity contribution in [2.45, 2.75) is 38.1 Å². The number of amides is 1. The van der Waals surface area contributed by atoms with Gasteiger partial charge in [-0.2, -0.15) is 4.52 Å². The first kappa shape index (κ1) is 16.9. The van der Waals surface area contributed by atoms with Gasteiger partial charge in [0.1, 0.15) is 5.82 Å². The van der Waals surface area contributed by atoms with E-state index < -0.39 is 0 Å². The molecular formula is C19H27N7O. The molecule has 1 saturated carbocycles. The molecule has 2 aromatic rings. The molecule has 2 aliphatic heterocycles. The number of likely N-dealkylation sites (N-methyl/N-ethyl adjacent to an activating group) is 1. The van der Waals surface area contributed by atoms with E-state index in [1.807, 2.05) is 15.5 Å². The zero-order chi connectivity index (χ0) is 18.5. The van der Waals surface area contributed by atoms with Crippen LogP contribution in [0.15, 0.2) is 12.1 Å². The van der Waals surface area contributed by atoms with Crippen LogP contribution < -0.4 is 4.90 Å². The molecule has 1 atom stereocenters. The third-order valence-electron chi connectivity index (χ3n) is 6.30. The fraction of sp³-hybridized carbons (Fsp3) is 0.684. The molecule has 0 spiro atoms. The smallest absolute Gasteiger partial charge is 0.219 e. The fourth-order valence-electron chi connectivity index (χ4n) is 4.31. The van der Waals surface area contributed by atoms with Crippen LogP contribution in [0, 0.1) is 5.92 Å². The monoisotopic (exact) mass is 369 g/mol. The zero-order valence-corrected chi connectivity index (χ0v) is 16.1. The van der Waals surface area contributed by atoms with E-state index in [1.54, 1.807) is 6.92 Å². The van der Waals surface area contributed by atoms with Gasteiger partial charge in [-0.05, 0) is 44.4 Å². The Labute approximate surface area is 159 Å². The average Bonchev–Trinajstić information content (AvgIpc) is 3.18. The van der Waals surface area contributed by atoms with Crippen molar-refractivity contribution in [3.8, 4) is 0 Å². The van der Waals surface area contributed by atoms with Crippen LogP contribution in [0.5, 0.6) is 0 Å². The lowest BCUT2D eigenvalue weighted by atomic mass is 10.0. The minimum Gasteiger partial charge on any atom is -0.352 e. The highest BCUT2D eigenvalue weighted by Crippen LogP contribution is 2.38. The summed E-state index contributed by atoms with van der Waals surface area (Å²) in [5, 5.41) is 13.4. The van der Waals surface area contributed by atoms with Gasteiger partial charge in [-0.15, -0.1) is 15.3 Å². The Balaban J connectivity index is 1.19. The number of carbonyl (C=O) groups excluding carboxylic acids is 1. The van der Waals surface area contributed by atoms with Crippen LogP contribution in [0.25, 0.3) is 5.65 Å². The third-order valence-corrected chi connectivity index (χ3v) is 6.30. The first-order valence-electron chi connectivity index (χ1n) is 10.0. The lowest BCUT2D eigenvalue weighted by molar-refractivity contribution is -0.127. The van der Waals surface area contributed by atoms with E-state index >= 15 is 0 Å². The number of fused-ring (bicyclic) bond motifs is 1.